The van der Waals surface area contributed by atoms with Gasteiger partial charge in [-0.15, -0.1) is 0 Å². The predicted octanol–water partition coefficient (Wildman–Crippen LogP) is 13.5. The molecule has 0 spiro atoms. The Labute approximate surface area is 319 Å². The van der Waals surface area contributed by atoms with Crippen LogP contribution in [0.4, 0.5) is 0 Å². The molecular weight excluding hydrogens is 665 g/mol. The first-order valence-electron chi connectivity index (χ1n) is 19.4. The van der Waals surface area contributed by atoms with E-state index in [2.05, 4.69) is 197 Å². The lowest BCUT2D eigenvalue weighted by Gasteiger charge is -2.20. The van der Waals surface area contributed by atoms with Crippen LogP contribution in [0.5, 0.6) is 0 Å². The van der Waals surface area contributed by atoms with E-state index in [0.29, 0.717) is 0 Å². The van der Waals surface area contributed by atoms with Crippen molar-refractivity contribution >= 4 is 49.6 Å². The Morgan fingerprint density at radius 1 is 0.436 bits per heavy atom. The maximum atomic E-state index is 2.49. The van der Waals surface area contributed by atoms with Gasteiger partial charge in [0.05, 0.1) is 16.6 Å². The summed E-state index contributed by atoms with van der Waals surface area (Å²) in [6.07, 6.45) is 6.79. The van der Waals surface area contributed by atoms with Crippen molar-refractivity contribution in [3.05, 3.63) is 210 Å². The third-order valence-corrected chi connectivity index (χ3v) is 12.3. The van der Waals surface area contributed by atoms with Crippen molar-refractivity contribution in [2.24, 2.45) is 0 Å². The molecule has 2 nitrogen and oxygen atoms in total. The molecule has 1 unspecified atom stereocenters. The van der Waals surface area contributed by atoms with E-state index >= 15 is 0 Å². The molecule has 258 valence electrons. The Balaban J connectivity index is 0.970. The van der Waals surface area contributed by atoms with Gasteiger partial charge >= 0.3 is 0 Å². The van der Waals surface area contributed by atoms with Crippen LogP contribution < -0.4 is 0 Å². The highest BCUT2D eigenvalue weighted by atomic mass is 15.0. The van der Waals surface area contributed by atoms with E-state index in [-0.39, 0.29) is 5.92 Å². The van der Waals surface area contributed by atoms with E-state index < -0.39 is 0 Å². The second-order valence-corrected chi connectivity index (χ2v) is 15.3. The number of para-hydroxylation sites is 2. The van der Waals surface area contributed by atoms with Crippen molar-refractivity contribution in [3.63, 3.8) is 0 Å². The average molecular weight is 701 g/mol. The van der Waals surface area contributed by atoms with Crippen LogP contribution in [-0.2, 0) is 12.8 Å². The molecule has 2 heteroatoms. The van der Waals surface area contributed by atoms with Crippen LogP contribution >= 0.6 is 0 Å². The summed E-state index contributed by atoms with van der Waals surface area (Å²) >= 11 is 0. The highest BCUT2D eigenvalue weighted by Gasteiger charge is 2.26. The summed E-state index contributed by atoms with van der Waals surface area (Å²) in [6, 6.07) is 65.2. The van der Waals surface area contributed by atoms with Gasteiger partial charge in [0.15, 0.2) is 0 Å². The van der Waals surface area contributed by atoms with Crippen molar-refractivity contribution in [1.82, 2.24) is 9.13 Å². The quantitative estimate of drug-likeness (QED) is 0.173. The summed E-state index contributed by atoms with van der Waals surface area (Å²) in [4.78, 5) is 0. The Hall–Kier alpha value is -6.90. The lowest BCUT2D eigenvalue weighted by molar-refractivity contribution is 0.826. The van der Waals surface area contributed by atoms with E-state index in [0.717, 1.165) is 12.8 Å². The standard InChI is InChI=1S/C53H36N2/c1-2-12-34(13-3-1)47-33-41(29-38-15-5-7-17-43(38)47)55-51-21-11-9-19-46(51)49-32-36(23-27-53(49)55)35-22-26-52-48(31-35)45-18-8-10-20-50(45)54(52)40-24-25-44-39(30-40)28-37-14-4-6-16-42(37)44/h1-27,29-30,32-33,35H,28,31H2. The van der Waals surface area contributed by atoms with Gasteiger partial charge in [0, 0.05) is 39.1 Å². The highest BCUT2D eigenvalue weighted by molar-refractivity contribution is 6.10. The van der Waals surface area contributed by atoms with Gasteiger partial charge in [-0.2, -0.15) is 0 Å². The zero-order valence-electron chi connectivity index (χ0n) is 30.3. The fraction of sp³-hybridized carbons (Fsp3) is 0.0566. The van der Waals surface area contributed by atoms with Crippen LogP contribution in [0.1, 0.15) is 33.9 Å². The van der Waals surface area contributed by atoms with Crippen LogP contribution in [0.3, 0.4) is 0 Å². The number of benzene rings is 8. The number of nitrogens with zero attached hydrogens (tertiary/aromatic N) is 2. The minimum Gasteiger partial charge on any atom is -0.310 e. The lowest BCUT2D eigenvalue weighted by Crippen LogP contribution is -2.07. The molecule has 8 aromatic carbocycles. The van der Waals surface area contributed by atoms with Gasteiger partial charge in [-0.25, -0.2) is 0 Å². The zero-order valence-corrected chi connectivity index (χ0v) is 30.3. The lowest BCUT2D eigenvalue weighted by atomic mass is 9.86. The summed E-state index contributed by atoms with van der Waals surface area (Å²) in [7, 11) is 0. The molecule has 0 radical (unpaired) electrons. The highest BCUT2D eigenvalue weighted by Crippen LogP contribution is 2.43. The third-order valence-electron chi connectivity index (χ3n) is 12.3. The number of rotatable bonds is 4. The molecule has 0 N–H and O–H groups in total. The largest absolute Gasteiger partial charge is 0.310 e. The normalized spacial score (nSPS) is 14.5. The van der Waals surface area contributed by atoms with E-state index in [1.165, 1.54) is 105 Å². The molecule has 1 atom stereocenters. The molecule has 0 amide bonds. The molecule has 2 heterocycles. The van der Waals surface area contributed by atoms with Gasteiger partial charge in [0.25, 0.3) is 0 Å². The molecule has 0 fully saturated rings. The second-order valence-electron chi connectivity index (χ2n) is 15.3. The monoisotopic (exact) mass is 700 g/mol. The van der Waals surface area contributed by atoms with Gasteiger partial charge in [0.2, 0.25) is 0 Å². The van der Waals surface area contributed by atoms with Crippen molar-refractivity contribution in [3.8, 4) is 33.6 Å². The van der Waals surface area contributed by atoms with E-state index in [4.69, 9.17) is 0 Å². The van der Waals surface area contributed by atoms with Crippen molar-refractivity contribution in [1.29, 1.82) is 0 Å². The van der Waals surface area contributed by atoms with Crippen LogP contribution in [0, 0.1) is 0 Å². The average Bonchev–Trinajstić information content (AvgIpc) is 3.90. The van der Waals surface area contributed by atoms with Crippen LogP contribution in [-0.4, -0.2) is 9.13 Å². The van der Waals surface area contributed by atoms with Gasteiger partial charge in [-0.3, -0.25) is 0 Å². The molecule has 2 aromatic heterocycles. The van der Waals surface area contributed by atoms with Crippen LogP contribution in [0.25, 0.3) is 83.2 Å². The molecule has 10 aromatic rings. The summed E-state index contributed by atoms with van der Waals surface area (Å²) in [5.74, 6) is 0.276. The molecule has 12 rings (SSSR count). The second kappa shape index (κ2) is 11.8. The molecule has 55 heavy (non-hydrogen) atoms. The first kappa shape index (κ1) is 30.6. The SMILES string of the molecule is C1=CC(c2ccc3c(c2)c2ccccc2n3-c2cc(-c3ccccc3)c3ccccc3c2)Cc2c1n(-c1ccc3c(c1)Cc1ccccc1-3)c1ccccc21. The third kappa shape index (κ3) is 4.61. The zero-order chi connectivity index (χ0) is 36.0. The first-order valence-corrected chi connectivity index (χ1v) is 19.4. The maximum Gasteiger partial charge on any atom is 0.0541 e. The Morgan fingerprint density at radius 2 is 1.15 bits per heavy atom. The fourth-order valence-corrected chi connectivity index (χ4v) is 9.77. The molecule has 0 aliphatic heterocycles. The molecule has 2 aliphatic carbocycles. The minimum atomic E-state index is 0.276. The maximum absolute atomic E-state index is 2.49. The summed E-state index contributed by atoms with van der Waals surface area (Å²) in [6.45, 7) is 0. The number of aromatic nitrogens is 2. The number of hydrogen-bond acceptors (Lipinski definition) is 0. The molecule has 2 aliphatic rings. The smallest absolute Gasteiger partial charge is 0.0541 e. The van der Waals surface area contributed by atoms with Gasteiger partial charge < -0.3 is 9.13 Å². The fourth-order valence-electron chi connectivity index (χ4n) is 9.77. The van der Waals surface area contributed by atoms with E-state index in [9.17, 15) is 0 Å². The Bertz CT molecular complexity index is 3210. The topological polar surface area (TPSA) is 9.86 Å². The summed E-state index contributed by atoms with van der Waals surface area (Å²) in [5.41, 5.74) is 18.3. The molecular formula is C53H36N2. The first-order chi connectivity index (χ1) is 27.3. The van der Waals surface area contributed by atoms with Gasteiger partial charge in [-0.1, -0.05) is 133 Å². The van der Waals surface area contributed by atoms with E-state index in [1.807, 2.05) is 0 Å². The molecule has 0 saturated carbocycles. The summed E-state index contributed by atoms with van der Waals surface area (Å²) in [5, 5.41) is 6.44. The Morgan fingerprint density at radius 3 is 2.04 bits per heavy atom. The van der Waals surface area contributed by atoms with Crippen LogP contribution in [0.2, 0.25) is 0 Å². The van der Waals surface area contributed by atoms with Crippen molar-refractivity contribution < 1.29 is 0 Å². The minimum absolute atomic E-state index is 0.276. The van der Waals surface area contributed by atoms with Gasteiger partial charge in [-0.05, 0) is 123 Å². The van der Waals surface area contributed by atoms with Crippen LogP contribution in [0.15, 0.2) is 182 Å². The van der Waals surface area contributed by atoms with Gasteiger partial charge in [0.1, 0.15) is 0 Å². The Kier molecular flexibility index (Phi) is 6.55. The van der Waals surface area contributed by atoms with E-state index in [1.54, 1.807) is 0 Å². The van der Waals surface area contributed by atoms with Crippen molar-refractivity contribution in [2.75, 3.05) is 0 Å². The molecule has 0 saturated heterocycles. The number of allylic oxidation sites excluding steroid dienone is 1. The van der Waals surface area contributed by atoms with Crippen molar-refractivity contribution in [2.45, 2.75) is 18.8 Å². The predicted molar refractivity (Wildman–Crippen MR) is 231 cm³/mol. The number of hydrogen-bond donors (Lipinski definition) is 0. The molecule has 0 bridgehead atoms. The number of fused-ring (bicyclic) bond motifs is 10. The summed E-state index contributed by atoms with van der Waals surface area (Å²) < 4.78 is 4.95.